The Morgan fingerprint density at radius 3 is 2.30 bits per heavy atom. The third kappa shape index (κ3) is 3.70. The lowest BCUT2D eigenvalue weighted by atomic mass is 9.97. The van der Waals surface area contributed by atoms with Crippen molar-refractivity contribution in [2.24, 2.45) is 5.92 Å². The van der Waals surface area contributed by atoms with Gasteiger partial charge in [0.2, 0.25) is 0 Å². The Morgan fingerprint density at radius 2 is 1.80 bits per heavy atom. The molecular weight excluding hydrogens is 250 g/mol. The number of rotatable bonds is 4. The summed E-state index contributed by atoms with van der Waals surface area (Å²) in [5.74, 6) is 0.406. The average molecular weight is 273 g/mol. The molecule has 0 aromatic heterocycles. The summed E-state index contributed by atoms with van der Waals surface area (Å²) in [7, 11) is 0. The van der Waals surface area contributed by atoms with Crippen molar-refractivity contribution >= 4 is 17.5 Å². The Labute approximate surface area is 121 Å². The molecule has 0 radical (unpaired) electrons. The quantitative estimate of drug-likeness (QED) is 0.789. The first-order chi connectivity index (χ1) is 9.58. The molecule has 0 saturated carbocycles. The van der Waals surface area contributed by atoms with Gasteiger partial charge in [-0.05, 0) is 42.2 Å². The molecule has 1 aliphatic rings. The number of hydrogen-bond donors (Lipinski definition) is 0. The number of Topliss-reactive ketones (excluding diaryl/α,β-unsaturated/α-hetero) is 1. The standard InChI is InChI=1S/C17H23NO2/c1-13(2)17(14(3)19)12-15-4-6-16(7-5-15)18-8-10-20-11-9-18/h4-7,12-13H,8-11H2,1-3H3/b17-12+. The highest BCUT2D eigenvalue weighted by Crippen LogP contribution is 2.20. The smallest absolute Gasteiger partial charge is 0.156 e. The van der Waals surface area contributed by atoms with Crippen LogP contribution in [0.2, 0.25) is 0 Å². The fraction of sp³-hybridized carbons (Fsp3) is 0.471. The second-order valence-corrected chi connectivity index (χ2v) is 5.50. The fourth-order valence-electron chi connectivity index (χ4n) is 2.46. The van der Waals surface area contributed by atoms with E-state index in [1.807, 2.05) is 6.08 Å². The van der Waals surface area contributed by atoms with Crippen LogP contribution in [0, 0.1) is 5.92 Å². The number of allylic oxidation sites excluding steroid dienone is 1. The van der Waals surface area contributed by atoms with Gasteiger partial charge in [0, 0.05) is 18.8 Å². The number of ether oxygens (including phenoxy) is 1. The second-order valence-electron chi connectivity index (χ2n) is 5.50. The Balaban J connectivity index is 2.15. The molecule has 0 N–H and O–H groups in total. The third-order valence-electron chi connectivity index (χ3n) is 3.62. The number of hydrogen-bond acceptors (Lipinski definition) is 3. The van der Waals surface area contributed by atoms with Gasteiger partial charge in [-0.3, -0.25) is 4.79 Å². The predicted molar refractivity (Wildman–Crippen MR) is 83.0 cm³/mol. The number of ketones is 1. The van der Waals surface area contributed by atoms with Gasteiger partial charge < -0.3 is 9.64 Å². The van der Waals surface area contributed by atoms with Crippen LogP contribution in [-0.4, -0.2) is 32.1 Å². The van der Waals surface area contributed by atoms with Crippen molar-refractivity contribution in [3.05, 3.63) is 35.4 Å². The number of nitrogens with zero attached hydrogens (tertiary/aromatic N) is 1. The van der Waals surface area contributed by atoms with Crippen LogP contribution in [0.1, 0.15) is 26.3 Å². The van der Waals surface area contributed by atoms with E-state index in [2.05, 4.69) is 43.0 Å². The molecule has 1 aliphatic heterocycles. The summed E-state index contributed by atoms with van der Waals surface area (Å²) in [5.41, 5.74) is 3.18. The molecule has 0 atom stereocenters. The van der Waals surface area contributed by atoms with Crippen molar-refractivity contribution in [2.75, 3.05) is 31.2 Å². The van der Waals surface area contributed by atoms with Crippen molar-refractivity contribution in [2.45, 2.75) is 20.8 Å². The Morgan fingerprint density at radius 1 is 1.20 bits per heavy atom. The van der Waals surface area contributed by atoms with E-state index >= 15 is 0 Å². The minimum atomic E-state index is 0.150. The van der Waals surface area contributed by atoms with E-state index in [-0.39, 0.29) is 11.7 Å². The van der Waals surface area contributed by atoms with Crippen molar-refractivity contribution in [3.8, 4) is 0 Å². The molecule has 0 unspecified atom stereocenters. The first kappa shape index (κ1) is 14.8. The third-order valence-corrected chi connectivity index (χ3v) is 3.62. The number of benzene rings is 1. The maximum atomic E-state index is 11.6. The van der Waals surface area contributed by atoms with Gasteiger partial charge in [0.05, 0.1) is 13.2 Å². The summed E-state index contributed by atoms with van der Waals surface area (Å²) in [4.78, 5) is 13.9. The molecule has 1 aromatic carbocycles. The molecule has 1 saturated heterocycles. The highest BCUT2D eigenvalue weighted by atomic mass is 16.5. The van der Waals surface area contributed by atoms with Crippen LogP contribution in [0.25, 0.3) is 6.08 Å². The summed E-state index contributed by atoms with van der Waals surface area (Å²) >= 11 is 0. The van der Waals surface area contributed by atoms with E-state index in [1.165, 1.54) is 5.69 Å². The molecule has 0 spiro atoms. The molecule has 3 heteroatoms. The van der Waals surface area contributed by atoms with Crippen LogP contribution in [0.5, 0.6) is 0 Å². The molecule has 0 amide bonds. The Hall–Kier alpha value is -1.61. The highest BCUT2D eigenvalue weighted by molar-refractivity contribution is 5.98. The largest absolute Gasteiger partial charge is 0.378 e. The number of anilines is 1. The van der Waals surface area contributed by atoms with E-state index in [4.69, 9.17) is 4.74 Å². The topological polar surface area (TPSA) is 29.5 Å². The van der Waals surface area contributed by atoms with E-state index in [0.717, 1.165) is 37.4 Å². The number of carbonyl (C=O) groups is 1. The first-order valence-corrected chi connectivity index (χ1v) is 7.23. The lowest BCUT2D eigenvalue weighted by molar-refractivity contribution is -0.113. The molecule has 0 aliphatic carbocycles. The molecule has 3 nitrogen and oxygen atoms in total. The zero-order valence-corrected chi connectivity index (χ0v) is 12.6. The normalized spacial score (nSPS) is 16.6. The van der Waals surface area contributed by atoms with Gasteiger partial charge in [0.15, 0.2) is 5.78 Å². The van der Waals surface area contributed by atoms with Crippen molar-refractivity contribution in [3.63, 3.8) is 0 Å². The van der Waals surface area contributed by atoms with Crippen LogP contribution in [0.4, 0.5) is 5.69 Å². The van der Waals surface area contributed by atoms with Crippen LogP contribution in [-0.2, 0) is 9.53 Å². The first-order valence-electron chi connectivity index (χ1n) is 7.23. The maximum Gasteiger partial charge on any atom is 0.156 e. The van der Waals surface area contributed by atoms with Crippen molar-refractivity contribution in [1.29, 1.82) is 0 Å². The fourth-order valence-corrected chi connectivity index (χ4v) is 2.46. The molecule has 2 rings (SSSR count). The lowest BCUT2D eigenvalue weighted by Crippen LogP contribution is -2.36. The number of carbonyl (C=O) groups excluding carboxylic acids is 1. The lowest BCUT2D eigenvalue weighted by Gasteiger charge is -2.28. The maximum absolute atomic E-state index is 11.6. The van der Waals surface area contributed by atoms with Crippen molar-refractivity contribution in [1.82, 2.24) is 0 Å². The molecule has 108 valence electrons. The molecule has 20 heavy (non-hydrogen) atoms. The SMILES string of the molecule is CC(=O)/C(=C/c1ccc(N2CCOCC2)cc1)C(C)C. The van der Waals surface area contributed by atoms with Gasteiger partial charge in [-0.25, -0.2) is 0 Å². The molecule has 1 heterocycles. The van der Waals surface area contributed by atoms with E-state index in [1.54, 1.807) is 6.92 Å². The molecule has 0 bridgehead atoms. The van der Waals surface area contributed by atoms with Gasteiger partial charge in [0.1, 0.15) is 0 Å². The zero-order valence-electron chi connectivity index (χ0n) is 12.6. The Bertz CT molecular complexity index is 482. The van der Waals surface area contributed by atoms with Crippen LogP contribution < -0.4 is 4.90 Å². The second kappa shape index (κ2) is 6.71. The summed E-state index contributed by atoms with van der Waals surface area (Å²) < 4.78 is 5.36. The van der Waals surface area contributed by atoms with Crippen LogP contribution >= 0.6 is 0 Å². The summed E-state index contributed by atoms with van der Waals surface area (Å²) in [6.07, 6.45) is 2.00. The minimum absolute atomic E-state index is 0.150. The van der Waals surface area contributed by atoms with E-state index in [0.29, 0.717) is 0 Å². The zero-order chi connectivity index (χ0) is 14.5. The summed E-state index contributed by atoms with van der Waals surface area (Å²) in [6, 6.07) is 8.40. The monoisotopic (exact) mass is 273 g/mol. The summed E-state index contributed by atoms with van der Waals surface area (Å²) in [5, 5.41) is 0. The highest BCUT2D eigenvalue weighted by Gasteiger charge is 2.11. The summed E-state index contributed by atoms with van der Waals surface area (Å²) in [6.45, 7) is 9.21. The van der Waals surface area contributed by atoms with Crippen LogP contribution in [0.3, 0.4) is 0 Å². The molecule has 1 aromatic rings. The van der Waals surface area contributed by atoms with Gasteiger partial charge in [-0.2, -0.15) is 0 Å². The van der Waals surface area contributed by atoms with Crippen LogP contribution in [0.15, 0.2) is 29.8 Å². The predicted octanol–water partition coefficient (Wildman–Crippen LogP) is 3.15. The van der Waals surface area contributed by atoms with Gasteiger partial charge in [-0.1, -0.05) is 26.0 Å². The van der Waals surface area contributed by atoms with Crippen molar-refractivity contribution < 1.29 is 9.53 Å². The van der Waals surface area contributed by atoms with E-state index < -0.39 is 0 Å². The Kier molecular flexibility index (Phi) is 4.96. The van der Waals surface area contributed by atoms with E-state index in [9.17, 15) is 4.79 Å². The van der Waals surface area contributed by atoms with Gasteiger partial charge >= 0.3 is 0 Å². The van der Waals surface area contributed by atoms with Gasteiger partial charge in [-0.15, -0.1) is 0 Å². The minimum Gasteiger partial charge on any atom is -0.378 e. The molecular formula is C17H23NO2. The number of morpholine rings is 1. The molecule has 1 fully saturated rings. The average Bonchev–Trinajstić information content (AvgIpc) is 2.45. The van der Waals surface area contributed by atoms with Gasteiger partial charge in [0.25, 0.3) is 0 Å².